The van der Waals surface area contributed by atoms with E-state index in [-0.39, 0.29) is 5.97 Å². The monoisotopic (exact) mass is 176 g/mol. The van der Waals surface area contributed by atoms with Crippen molar-refractivity contribution in [1.29, 1.82) is 0 Å². The van der Waals surface area contributed by atoms with Gasteiger partial charge in [-0.25, -0.2) is 0 Å². The zero-order valence-electron chi connectivity index (χ0n) is 6.89. The Bertz CT molecular complexity index is 152. The summed E-state index contributed by atoms with van der Waals surface area (Å²) >= 11 is 5.45. The van der Waals surface area contributed by atoms with Crippen LogP contribution in [0.4, 0.5) is 0 Å². The Morgan fingerprint density at radius 3 is 2.64 bits per heavy atom. The van der Waals surface area contributed by atoms with E-state index in [1.807, 2.05) is 13.0 Å². The van der Waals surface area contributed by atoms with Crippen LogP contribution in [0.2, 0.25) is 0 Å². The molecule has 0 unspecified atom stereocenters. The maximum atomic E-state index is 10.3. The van der Waals surface area contributed by atoms with Gasteiger partial charge in [0.25, 0.3) is 0 Å². The van der Waals surface area contributed by atoms with Gasteiger partial charge in [0.15, 0.2) is 0 Å². The van der Waals surface area contributed by atoms with Gasteiger partial charge in [-0.05, 0) is 6.92 Å². The average Bonchev–Trinajstić information content (AvgIpc) is 1.87. The van der Waals surface area contributed by atoms with Crippen LogP contribution in [-0.2, 0) is 9.53 Å². The van der Waals surface area contributed by atoms with E-state index in [0.717, 1.165) is 12.0 Å². The predicted molar refractivity (Wildman–Crippen MR) is 45.7 cm³/mol. The summed E-state index contributed by atoms with van der Waals surface area (Å²) in [5.41, 5.74) is 1.15. The SMILES string of the molecule is CC(=O)OCCC(C)=CCCl. The minimum Gasteiger partial charge on any atom is -0.466 e. The molecule has 0 aromatic carbocycles. The number of allylic oxidation sites excluding steroid dienone is 1. The molecule has 11 heavy (non-hydrogen) atoms. The molecule has 3 heteroatoms. The first-order valence-corrected chi connectivity index (χ1v) is 4.05. The zero-order valence-corrected chi connectivity index (χ0v) is 7.65. The van der Waals surface area contributed by atoms with E-state index in [1.165, 1.54) is 6.92 Å². The standard InChI is InChI=1S/C8H13ClO2/c1-7(3-5-9)4-6-11-8(2)10/h3H,4-6H2,1-2H3. The number of carbonyl (C=O) groups is 1. The van der Waals surface area contributed by atoms with Crippen molar-refractivity contribution in [2.24, 2.45) is 0 Å². The molecule has 0 amide bonds. The molecule has 64 valence electrons. The summed E-state index contributed by atoms with van der Waals surface area (Å²) in [6.07, 6.45) is 2.68. The molecule has 0 atom stereocenters. The third kappa shape index (κ3) is 7.40. The Kier molecular flexibility index (Phi) is 5.94. The minimum atomic E-state index is -0.233. The Morgan fingerprint density at radius 1 is 1.55 bits per heavy atom. The van der Waals surface area contributed by atoms with Gasteiger partial charge in [-0.2, -0.15) is 0 Å². The second kappa shape index (κ2) is 6.23. The van der Waals surface area contributed by atoms with Gasteiger partial charge < -0.3 is 4.74 Å². The highest BCUT2D eigenvalue weighted by molar-refractivity contribution is 6.18. The van der Waals surface area contributed by atoms with Crippen LogP contribution in [0.15, 0.2) is 11.6 Å². The number of esters is 1. The van der Waals surface area contributed by atoms with Gasteiger partial charge in [-0.15, -0.1) is 11.6 Å². The van der Waals surface area contributed by atoms with Crippen LogP contribution in [0.25, 0.3) is 0 Å². The summed E-state index contributed by atoms with van der Waals surface area (Å²) in [6.45, 7) is 3.82. The molecule has 0 aliphatic rings. The normalized spacial score (nSPS) is 11.4. The van der Waals surface area contributed by atoms with Gasteiger partial charge in [-0.1, -0.05) is 11.6 Å². The van der Waals surface area contributed by atoms with Gasteiger partial charge in [-0.3, -0.25) is 4.79 Å². The molecule has 2 nitrogen and oxygen atoms in total. The van der Waals surface area contributed by atoms with Crippen molar-refractivity contribution in [2.75, 3.05) is 12.5 Å². The Balaban J connectivity index is 3.38. The molecule has 0 bridgehead atoms. The van der Waals surface area contributed by atoms with Crippen LogP contribution >= 0.6 is 11.6 Å². The van der Waals surface area contributed by atoms with E-state index in [2.05, 4.69) is 0 Å². The summed E-state index contributed by atoms with van der Waals surface area (Å²) in [7, 11) is 0. The molecule has 0 spiro atoms. The van der Waals surface area contributed by atoms with Crippen molar-refractivity contribution in [3.8, 4) is 0 Å². The lowest BCUT2D eigenvalue weighted by atomic mass is 10.2. The van der Waals surface area contributed by atoms with Crippen molar-refractivity contribution >= 4 is 17.6 Å². The molecular weight excluding hydrogens is 164 g/mol. The molecular formula is C8H13ClO2. The number of carbonyl (C=O) groups excluding carboxylic acids is 1. The van der Waals surface area contributed by atoms with Crippen LogP contribution in [0.1, 0.15) is 20.3 Å². The van der Waals surface area contributed by atoms with Crippen molar-refractivity contribution in [3.05, 3.63) is 11.6 Å². The number of alkyl halides is 1. The first kappa shape index (κ1) is 10.5. The molecule has 0 rings (SSSR count). The molecule has 0 saturated heterocycles. The summed E-state index contributed by atoms with van der Waals surface area (Å²) < 4.78 is 4.74. The fourth-order valence-corrected chi connectivity index (χ4v) is 0.853. The molecule has 0 N–H and O–H groups in total. The number of halogens is 1. The molecule has 0 aromatic rings. The first-order chi connectivity index (χ1) is 5.16. The lowest BCUT2D eigenvalue weighted by Gasteiger charge is -2.00. The number of ether oxygens (including phenoxy) is 1. The lowest BCUT2D eigenvalue weighted by Crippen LogP contribution is -2.00. The summed E-state index contributed by atoms with van der Waals surface area (Å²) in [5.74, 6) is 0.287. The second-order valence-electron chi connectivity index (χ2n) is 2.29. The molecule has 0 saturated carbocycles. The summed E-state index contributed by atoms with van der Waals surface area (Å²) in [4.78, 5) is 10.3. The molecule has 0 aliphatic heterocycles. The highest BCUT2D eigenvalue weighted by Crippen LogP contribution is 2.00. The van der Waals surface area contributed by atoms with Gasteiger partial charge in [0.1, 0.15) is 0 Å². The van der Waals surface area contributed by atoms with Crippen molar-refractivity contribution in [3.63, 3.8) is 0 Å². The Labute approximate surface area is 72.2 Å². The third-order valence-corrected chi connectivity index (χ3v) is 1.38. The van der Waals surface area contributed by atoms with Crippen LogP contribution in [0.3, 0.4) is 0 Å². The number of hydrogen-bond donors (Lipinski definition) is 0. The van der Waals surface area contributed by atoms with Crippen LogP contribution < -0.4 is 0 Å². The second-order valence-corrected chi connectivity index (χ2v) is 2.60. The van der Waals surface area contributed by atoms with Crippen molar-refractivity contribution in [2.45, 2.75) is 20.3 Å². The largest absolute Gasteiger partial charge is 0.466 e. The van der Waals surface area contributed by atoms with E-state index in [1.54, 1.807) is 0 Å². The topological polar surface area (TPSA) is 26.3 Å². The van der Waals surface area contributed by atoms with Gasteiger partial charge in [0, 0.05) is 19.2 Å². The summed E-state index contributed by atoms with van der Waals surface area (Å²) in [6, 6.07) is 0. The Morgan fingerprint density at radius 2 is 2.18 bits per heavy atom. The van der Waals surface area contributed by atoms with Gasteiger partial charge >= 0.3 is 5.97 Å². The fraction of sp³-hybridized carbons (Fsp3) is 0.625. The summed E-state index contributed by atoms with van der Waals surface area (Å²) in [5, 5.41) is 0. The predicted octanol–water partition coefficient (Wildman–Crippen LogP) is 2.12. The number of hydrogen-bond acceptors (Lipinski definition) is 2. The van der Waals surface area contributed by atoms with Crippen LogP contribution in [0.5, 0.6) is 0 Å². The molecule has 0 aliphatic carbocycles. The lowest BCUT2D eigenvalue weighted by molar-refractivity contribution is -0.140. The maximum Gasteiger partial charge on any atom is 0.302 e. The fourth-order valence-electron chi connectivity index (χ4n) is 0.590. The third-order valence-electron chi connectivity index (χ3n) is 1.23. The Hall–Kier alpha value is -0.500. The zero-order chi connectivity index (χ0) is 8.69. The van der Waals surface area contributed by atoms with Gasteiger partial charge in [0.2, 0.25) is 0 Å². The molecule has 0 fully saturated rings. The average molecular weight is 177 g/mol. The van der Waals surface area contributed by atoms with E-state index < -0.39 is 0 Å². The van der Waals surface area contributed by atoms with Crippen molar-refractivity contribution in [1.82, 2.24) is 0 Å². The van der Waals surface area contributed by atoms with E-state index in [0.29, 0.717) is 12.5 Å². The first-order valence-electron chi connectivity index (χ1n) is 3.51. The molecule has 0 radical (unpaired) electrons. The highest BCUT2D eigenvalue weighted by atomic mass is 35.5. The van der Waals surface area contributed by atoms with E-state index in [4.69, 9.17) is 16.3 Å². The van der Waals surface area contributed by atoms with Crippen LogP contribution in [0, 0.1) is 0 Å². The van der Waals surface area contributed by atoms with Crippen LogP contribution in [-0.4, -0.2) is 18.5 Å². The quantitative estimate of drug-likeness (QED) is 0.373. The molecule has 0 aromatic heterocycles. The molecule has 0 heterocycles. The van der Waals surface area contributed by atoms with Crippen molar-refractivity contribution < 1.29 is 9.53 Å². The minimum absolute atomic E-state index is 0.233. The highest BCUT2D eigenvalue weighted by Gasteiger charge is 1.93. The van der Waals surface area contributed by atoms with E-state index in [9.17, 15) is 4.79 Å². The van der Waals surface area contributed by atoms with E-state index >= 15 is 0 Å². The smallest absolute Gasteiger partial charge is 0.302 e. The number of rotatable bonds is 4. The van der Waals surface area contributed by atoms with Gasteiger partial charge in [0.05, 0.1) is 6.61 Å². The maximum absolute atomic E-state index is 10.3.